The Balaban J connectivity index is 1.24. The normalized spacial score (nSPS) is 18.3. The van der Waals surface area contributed by atoms with E-state index >= 15 is 0 Å². The highest BCUT2D eigenvalue weighted by Crippen LogP contribution is 2.42. The third-order valence-electron chi connectivity index (χ3n) is 7.95. The number of aromatic nitrogens is 5. The Morgan fingerprint density at radius 3 is 2.58 bits per heavy atom. The summed E-state index contributed by atoms with van der Waals surface area (Å²) in [4.78, 5) is 40.6. The van der Waals surface area contributed by atoms with Crippen LogP contribution in [0.4, 0.5) is 16.3 Å². The van der Waals surface area contributed by atoms with Gasteiger partial charge in [0, 0.05) is 36.0 Å². The van der Waals surface area contributed by atoms with E-state index in [9.17, 15) is 19.7 Å². The maximum Gasteiger partial charge on any atom is 0.407 e. The largest absolute Gasteiger partial charge is 0.496 e. The number of hydrogen-bond acceptors (Lipinski definition) is 9. The highest BCUT2D eigenvalue weighted by atomic mass is 16.6. The van der Waals surface area contributed by atoms with Crippen LogP contribution in [0, 0.1) is 10.1 Å². The third kappa shape index (κ3) is 5.18. The van der Waals surface area contributed by atoms with E-state index in [0.29, 0.717) is 54.0 Å². The van der Waals surface area contributed by atoms with E-state index in [1.807, 2.05) is 10.9 Å². The number of carbonyl (C=O) groups is 2. The van der Waals surface area contributed by atoms with Crippen LogP contribution in [-0.2, 0) is 10.3 Å². The molecular weight excluding hydrogens is 556 g/mol. The lowest BCUT2D eigenvalue weighted by Crippen LogP contribution is -2.48. The molecule has 1 fully saturated rings. The lowest BCUT2D eigenvalue weighted by molar-refractivity contribution is -0.384. The Morgan fingerprint density at radius 1 is 1.12 bits per heavy atom. The van der Waals surface area contributed by atoms with E-state index in [1.54, 1.807) is 42.6 Å². The SMILES string of the molecule is COC(=O)NC1(c2ccc([N+](=O)[O-])cc2)CCC(n2cc3cc(C(=O)Nc4cnc5cccnn45)c(OC)cc3n2)CC1. The highest BCUT2D eigenvalue weighted by molar-refractivity contribution is 6.08. The minimum absolute atomic E-state index is 0.0190. The van der Waals surface area contributed by atoms with E-state index in [4.69, 9.17) is 14.6 Å². The molecule has 1 saturated carbocycles. The molecule has 2 aromatic carbocycles. The average molecular weight is 585 g/mol. The molecule has 14 heteroatoms. The number of fused-ring (bicyclic) bond motifs is 2. The molecule has 220 valence electrons. The first kappa shape index (κ1) is 27.6. The first-order valence-electron chi connectivity index (χ1n) is 13.6. The number of carbonyl (C=O) groups excluding carboxylic acids is 2. The van der Waals surface area contributed by atoms with Crippen molar-refractivity contribution in [3.8, 4) is 5.75 Å². The fraction of sp³-hybridized carbons (Fsp3) is 0.276. The molecule has 0 radical (unpaired) electrons. The maximum absolute atomic E-state index is 13.3. The van der Waals surface area contributed by atoms with Gasteiger partial charge in [0.2, 0.25) is 0 Å². The van der Waals surface area contributed by atoms with E-state index in [-0.39, 0.29) is 17.6 Å². The standard InChI is InChI=1S/C29H28N8O6/c1-42-24-15-23-18(14-22(24)27(38)32-26-16-30-25-4-3-13-31-36(25)26)17-35(34-23)20-9-11-29(12-10-20,33-28(39)43-2)19-5-7-21(8-6-19)37(40)41/h3-8,13-17,20H,9-12H2,1-2H3,(H,32,38)(H,33,39). The van der Waals surface area contributed by atoms with Gasteiger partial charge in [-0.2, -0.15) is 14.7 Å². The minimum atomic E-state index is -0.744. The van der Waals surface area contributed by atoms with E-state index in [2.05, 4.69) is 20.7 Å². The highest BCUT2D eigenvalue weighted by Gasteiger charge is 2.39. The number of imidazole rings is 1. The van der Waals surface area contributed by atoms with Crippen LogP contribution in [0.3, 0.4) is 0 Å². The number of nitro groups is 1. The van der Waals surface area contributed by atoms with Crippen LogP contribution in [0.25, 0.3) is 16.6 Å². The summed E-state index contributed by atoms with van der Waals surface area (Å²) in [5, 5.41) is 26.8. The summed E-state index contributed by atoms with van der Waals surface area (Å²) >= 11 is 0. The molecular formula is C29H28N8O6. The average Bonchev–Trinajstić information content (AvgIpc) is 3.64. The van der Waals surface area contributed by atoms with Crippen LogP contribution >= 0.6 is 0 Å². The fourth-order valence-corrected chi connectivity index (χ4v) is 5.70. The smallest absolute Gasteiger partial charge is 0.407 e. The Hall–Kier alpha value is -5.53. The summed E-state index contributed by atoms with van der Waals surface area (Å²) in [5.74, 6) is 0.427. The zero-order chi connectivity index (χ0) is 30.1. The summed E-state index contributed by atoms with van der Waals surface area (Å²) in [6.07, 6.45) is 6.94. The summed E-state index contributed by atoms with van der Waals surface area (Å²) in [6, 6.07) is 13.3. The van der Waals surface area contributed by atoms with Gasteiger partial charge in [0.25, 0.3) is 11.6 Å². The number of methoxy groups -OCH3 is 2. The quantitative estimate of drug-likeness (QED) is 0.205. The van der Waals surface area contributed by atoms with Crippen molar-refractivity contribution in [1.82, 2.24) is 29.7 Å². The van der Waals surface area contributed by atoms with Gasteiger partial charge in [0.15, 0.2) is 11.5 Å². The molecule has 0 saturated heterocycles. The van der Waals surface area contributed by atoms with Gasteiger partial charge in [-0.25, -0.2) is 9.78 Å². The molecule has 43 heavy (non-hydrogen) atoms. The summed E-state index contributed by atoms with van der Waals surface area (Å²) in [6.45, 7) is 0. The number of benzene rings is 2. The number of nitrogens with one attached hydrogen (secondary N) is 2. The van der Waals surface area contributed by atoms with Crippen LogP contribution in [-0.4, -0.2) is 55.5 Å². The predicted molar refractivity (Wildman–Crippen MR) is 155 cm³/mol. The number of alkyl carbamates (subject to hydrolysis) is 1. The topological polar surface area (TPSA) is 168 Å². The maximum atomic E-state index is 13.3. The van der Waals surface area contributed by atoms with Crippen molar-refractivity contribution in [3.05, 3.63) is 88.4 Å². The van der Waals surface area contributed by atoms with E-state index in [1.165, 1.54) is 37.1 Å². The number of non-ortho nitro benzene ring substituents is 1. The summed E-state index contributed by atoms with van der Waals surface area (Å²) in [5.41, 5.74) is 1.62. The molecule has 5 aromatic rings. The molecule has 2 amide bonds. The number of amides is 2. The first-order chi connectivity index (χ1) is 20.8. The second-order valence-electron chi connectivity index (χ2n) is 10.3. The molecule has 1 aliphatic carbocycles. The van der Waals surface area contributed by atoms with Crippen LogP contribution in [0.1, 0.15) is 47.6 Å². The molecule has 0 unspecified atom stereocenters. The fourth-order valence-electron chi connectivity index (χ4n) is 5.70. The molecule has 1 aliphatic rings. The molecule has 6 rings (SSSR count). The van der Waals surface area contributed by atoms with Gasteiger partial charge in [-0.1, -0.05) is 0 Å². The molecule has 0 spiro atoms. The van der Waals surface area contributed by atoms with E-state index < -0.39 is 16.6 Å². The second-order valence-corrected chi connectivity index (χ2v) is 10.3. The molecule has 2 N–H and O–H groups in total. The Kier molecular flexibility index (Phi) is 7.09. The summed E-state index contributed by atoms with van der Waals surface area (Å²) in [7, 11) is 2.80. The van der Waals surface area contributed by atoms with Crippen molar-refractivity contribution in [1.29, 1.82) is 0 Å². The molecule has 3 heterocycles. The van der Waals surface area contributed by atoms with Crippen molar-refractivity contribution in [2.24, 2.45) is 0 Å². The number of nitro benzene ring substituents is 1. The Bertz CT molecular complexity index is 1840. The molecule has 0 bridgehead atoms. The van der Waals surface area contributed by atoms with Gasteiger partial charge in [0.1, 0.15) is 5.75 Å². The Labute approximate surface area is 244 Å². The third-order valence-corrected chi connectivity index (χ3v) is 7.95. The van der Waals surface area contributed by atoms with Crippen LogP contribution < -0.4 is 15.4 Å². The van der Waals surface area contributed by atoms with Gasteiger partial charge in [-0.3, -0.25) is 19.6 Å². The minimum Gasteiger partial charge on any atom is -0.496 e. The predicted octanol–water partition coefficient (Wildman–Crippen LogP) is 4.61. The lowest BCUT2D eigenvalue weighted by atomic mass is 9.75. The van der Waals surface area contributed by atoms with Gasteiger partial charge < -0.3 is 20.1 Å². The van der Waals surface area contributed by atoms with Crippen molar-refractivity contribution >= 4 is 40.1 Å². The zero-order valence-electron chi connectivity index (χ0n) is 23.4. The first-order valence-corrected chi connectivity index (χ1v) is 13.6. The number of rotatable bonds is 7. The van der Waals surface area contributed by atoms with Crippen LogP contribution in [0.5, 0.6) is 5.75 Å². The number of ether oxygens (including phenoxy) is 2. The van der Waals surface area contributed by atoms with Crippen molar-refractivity contribution in [3.63, 3.8) is 0 Å². The van der Waals surface area contributed by atoms with Gasteiger partial charge in [-0.05, 0) is 61.6 Å². The number of anilines is 1. The van der Waals surface area contributed by atoms with Crippen molar-refractivity contribution in [2.75, 3.05) is 19.5 Å². The van der Waals surface area contributed by atoms with Crippen molar-refractivity contribution in [2.45, 2.75) is 37.3 Å². The van der Waals surface area contributed by atoms with Gasteiger partial charge in [0.05, 0.1) is 48.0 Å². The number of nitrogens with zero attached hydrogens (tertiary/aromatic N) is 6. The zero-order valence-corrected chi connectivity index (χ0v) is 23.4. The van der Waals surface area contributed by atoms with Crippen LogP contribution in [0.15, 0.2) is 67.1 Å². The molecule has 3 aromatic heterocycles. The van der Waals surface area contributed by atoms with Crippen LogP contribution in [0.2, 0.25) is 0 Å². The Morgan fingerprint density at radius 2 is 1.88 bits per heavy atom. The molecule has 0 aliphatic heterocycles. The van der Waals surface area contributed by atoms with Gasteiger partial charge in [-0.15, -0.1) is 0 Å². The lowest BCUT2D eigenvalue weighted by Gasteiger charge is -2.40. The number of hydrogen-bond donors (Lipinski definition) is 2. The molecule has 14 nitrogen and oxygen atoms in total. The molecule has 0 atom stereocenters. The monoisotopic (exact) mass is 584 g/mol. The van der Waals surface area contributed by atoms with E-state index in [0.717, 1.165) is 10.9 Å². The van der Waals surface area contributed by atoms with Gasteiger partial charge >= 0.3 is 6.09 Å². The second kappa shape index (κ2) is 11.0. The summed E-state index contributed by atoms with van der Waals surface area (Å²) < 4.78 is 13.9. The van der Waals surface area contributed by atoms with Crippen molar-refractivity contribution < 1.29 is 24.0 Å².